The first-order valence-corrected chi connectivity index (χ1v) is 10.6. The molecule has 2 aromatic carbocycles. The van der Waals surface area contributed by atoms with Crippen molar-refractivity contribution in [2.75, 3.05) is 20.3 Å². The van der Waals surface area contributed by atoms with Crippen molar-refractivity contribution < 1.29 is 24.2 Å². The highest BCUT2D eigenvalue weighted by molar-refractivity contribution is 9.10. The van der Waals surface area contributed by atoms with E-state index in [4.69, 9.17) is 9.47 Å². The lowest BCUT2D eigenvalue weighted by atomic mass is 9.95. The van der Waals surface area contributed by atoms with Gasteiger partial charge < -0.3 is 19.5 Å². The fourth-order valence-electron chi connectivity index (χ4n) is 3.97. The first-order valence-electron chi connectivity index (χ1n) is 9.79. The number of aliphatic hydroxyl groups is 1. The molecule has 0 bridgehead atoms. The van der Waals surface area contributed by atoms with E-state index in [0.29, 0.717) is 24.5 Å². The predicted molar refractivity (Wildman–Crippen MR) is 115 cm³/mol. The monoisotopic (exact) mass is 471 g/mol. The van der Waals surface area contributed by atoms with Gasteiger partial charge in [-0.25, -0.2) is 0 Å². The molecule has 0 radical (unpaired) electrons. The molecule has 2 atom stereocenters. The zero-order chi connectivity index (χ0) is 21.3. The number of ether oxygens (including phenoxy) is 2. The number of nitrogens with zero attached hydrogens (tertiary/aromatic N) is 1. The van der Waals surface area contributed by atoms with Crippen LogP contribution in [0.5, 0.6) is 5.75 Å². The maximum absolute atomic E-state index is 13.0. The molecular formula is C23H22BrNO5. The molecule has 156 valence electrons. The van der Waals surface area contributed by atoms with Crippen molar-refractivity contribution in [1.29, 1.82) is 0 Å². The molecule has 0 spiro atoms. The molecule has 6 nitrogen and oxygen atoms in total. The Morgan fingerprint density at radius 2 is 1.87 bits per heavy atom. The fraction of sp³-hybridized carbons (Fsp3) is 0.304. The summed E-state index contributed by atoms with van der Waals surface area (Å²) in [6, 6.07) is 13.5. The summed E-state index contributed by atoms with van der Waals surface area (Å²) in [6.45, 7) is 0.966. The summed E-state index contributed by atoms with van der Waals surface area (Å²) in [7, 11) is 1.55. The topological polar surface area (TPSA) is 76.1 Å². The third kappa shape index (κ3) is 3.87. The molecule has 0 aromatic heterocycles. The number of hydrogen-bond donors (Lipinski definition) is 1. The second-order valence-corrected chi connectivity index (χ2v) is 8.28. The molecule has 0 aliphatic carbocycles. The molecule has 0 saturated carbocycles. The van der Waals surface area contributed by atoms with Gasteiger partial charge in [0.1, 0.15) is 11.5 Å². The number of hydrogen-bond acceptors (Lipinski definition) is 5. The normalized spacial score (nSPS) is 23.2. The molecule has 2 aromatic rings. The zero-order valence-corrected chi connectivity index (χ0v) is 18.1. The smallest absolute Gasteiger partial charge is 0.295 e. The largest absolute Gasteiger partial charge is 0.507 e. The molecule has 4 rings (SSSR count). The number of carbonyl (C=O) groups is 2. The average molecular weight is 472 g/mol. The van der Waals surface area contributed by atoms with Crippen LogP contribution in [0.25, 0.3) is 5.76 Å². The molecule has 2 saturated heterocycles. The Balaban J connectivity index is 1.80. The van der Waals surface area contributed by atoms with E-state index in [0.717, 1.165) is 22.9 Å². The first kappa shape index (κ1) is 20.6. The Morgan fingerprint density at radius 1 is 1.17 bits per heavy atom. The Kier molecular flexibility index (Phi) is 5.92. The fourth-order valence-corrected chi connectivity index (χ4v) is 4.24. The van der Waals surface area contributed by atoms with Gasteiger partial charge in [-0.15, -0.1) is 0 Å². The lowest BCUT2D eigenvalue weighted by molar-refractivity contribution is -0.140. The second kappa shape index (κ2) is 8.62. The van der Waals surface area contributed by atoms with Crippen molar-refractivity contribution in [3.05, 3.63) is 69.7 Å². The van der Waals surface area contributed by atoms with Crippen LogP contribution < -0.4 is 4.74 Å². The van der Waals surface area contributed by atoms with Crippen LogP contribution in [0.3, 0.4) is 0 Å². The number of rotatable bonds is 5. The Hall–Kier alpha value is -2.64. The molecule has 2 heterocycles. The first-order chi connectivity index (χ1) is 14.5. The number of amides is 1. The van der Waals surface area contributed by atoms with E-state index in [2.05, 4.69) is 15.9 Å². The molecule has 7 heteroatoms. The lowest BCUT2D eigenvalue weighted by Gasteiger charge is -2.27. The number of likely N-dealkylation sites (tertiary alicyclic amines) is 1. The van der Waals surface area contributed by atoms with Gasteiger partial charge in [0.2, 0.25) is 0 Å². The molecule has 1 N–H and O–H groups in total. The van der Waals surface area contributed by atoms with E-state index in [9.17, 15) is 14.7 Å². The molecule has 2 aliphatic rings. The van der Waals surface area contributed by atoms with Gasteiger partial charge in [0.25, 0.3) is 11.7 Å². The van der Waals surface area contributed by atoms with Crippen LogP contribution in [0.4, 0.5) is 0 Å². The van der Waals surface area contributed by atoms with Crippen LogP contribution in [-0.2, 0) is 14.3 Å². The summed E-state index contributed by atoms with van der Waals surface area (Å²) >= 11 is 3.42. The number of methoxy groups -OCH3 is 1. The molecule has 1 amide bonds. The number of carbonyl (C=O) groups excluding carboxylic acids is 2. The van der Waals surface area contributed by atoms with Crippen LogP contribution in [0.15, 0.2) is 58.6 Å². The van der Waals surface area contributed by atoms with Crippen LogP contribution in [0, 0.1) is 0 Å². The minimum atomic E-state index is -0.686. The summed E-state index contributed by atoms with van der Waals surface area (Å²) in [6.07, 6.45) is 1.67. The van der Waals surface area contributed by atoms with E-state index in [1.165, 1.54) is 4.90 Å². The van der Waals surface area contributed by atoms with Gasteiger partial charge in [0.05, 0.1) is 24.8 Å². The van der Waals surface area contributed by atoms with Crippen molar-refractivity contribution in [3.63, 3.8) is 0 Å². The lowest BCUT2D eigenvalue weighted by Crippen LogP contribution is -2.36. The minimum Gasteiger partial charge on any atom is -0.507 e. The van der Waals surface area contributed by atoms with Gasteiger partial charge in [-0.1, -0.05) is 28.1 Å². The van der Waals surface area contributed by atoms with Crippen LogP contribution in [0.1, 0.15) is 30.0 Å². The Morgan fingerprint density at radius 3 is 2.47 bits per heavy atom. The third-order valence-corrected chi connectivity index (χ3v) is 6.04. The van der Waals surface area contributed by atoms with Gasteiger partial charge in [0, 0.05) is 23.2 Å². The molecular weight excluding hydrogens is 450 g/mol. The number of Topliss-reactive ketones (excluding diaryl/α,β-unsaturated/α-hetero) is 1. The highest BCUT2D eigenvalue weighted by atomic mass is 79.9. The molecule has 2 fully saturated rings. The standard InChI is InChI=1S/C23H22BrNO5/c1-29-17-10-6-15(7-11-17)21(26)19-20(14-4-8-16(24)9-5-14)25(23(28)22(19)27)13-18-3-2-12-30-18/h4-11,18,20,26H,2-3,12-13H2,1H3/t18-,20+/m1/s1. The summed E-state index contributed by atoms with van der Waals surface area (Å²) in [5.41, 5.74) is 1.30. The minimum absolute atomic E-state index is 0.0884. The summed E-state index contributed by atoms with van der Waals surface area (Å²) < 4.78 is 11.7. The van der Waals surface area contributed by atoms with E-state index in [1.807, 2.05) is 24.3 Å². The summed E-state index contributed by atoms with van der Waals surface area (Å²) in [4.78, 5) is 27.5. The van der Waals surface area contributed by atoms with Crippen molar-refractivity contribution in [2.24, 2.45) is 0 Å². The summed E-state index contributed by atoms with van der Waals surface area (Å²) in [5.74, 6) is -0.865. The Bertz CT molecular complexity index is 978. The SMILES string of the molecule is COc1ccc(C(O)=C2C(=O)C(=O)N(C[C@H]3CCCO3)[C@H]2c2ccc(Br)cc2)cc1. The van der Waals surface area contributed by atoms with E-state index in [-0.39, 0.29) is 17.4 Å². The molecule has 0 unspecified atom stereocenters. The maximum atomic E-state index is 13.0. The van der Waals surface area contributed by atoms with Crippen LogP contribution in [0.2, 0.25) is 0 Å². The van der Waals surface area contributed by atoms with Crippen LogP contribution >= 0.6 is 15.9 Å². The quantitative estimate of drug-likeness (QED) is 0.404. The number of benzene rings is 2. The van der Waals surface area contributed by atoms with Crippen molar-refractivity contribution >= 4 is 33.4 Å². The number of aliphatic hydroxyl groups excluding tert-OH is 1. The highest BCUT2D eigenvalue weighted by Crippen LogP contribution is 2.40. The number of ketones is 1. The van der Waals surface area contributed by atoms with E-state index < -0.39 is 17.7 Å². The van der Waals surface area contributed by atoms with Gasteiger partial charge in [0.15, 0.2) is 0 Å². The third-order valence-electron chi connectivity index (χ3n) is 5.51. The second-order valence-electron chi connectivity index (χ2n) is 7.37. The maximum Gasteiger partial charge on any atom is 0.295 e. The van der Waals surface area contributed by atoms with Crippen LogP contribution in [-0.4, -0.2) is 48.1 Å². The van der Waals surface area contributed by atoms with Crippen molar-refractivity contribution in [1.82, 2.24) is 4.90 Å². The van der Waals surface area contributed by atoms with Crippen molar-refractivity contribution in [3.8, 4) is 5.75 Å². The van der Waals surface area contributed by atoms with Gasteiger partial charge in [-0.05, 0) is 54.8 Å². The van der Waals surface area contributed by atoms with E-state index in [1.54, 1.807) is 31.4 Å². The zero-order valence-electron chi connectivity index (χ0n) is 16.5. The van der Waals surface area contributed by atoms with Gasteiger partial charge in [-0.2, -0.15) is 0 Å². The average Bonchev–Trinajstić information content (AvgIpc) is 3.36. The van der Waals surface area contributed by atoms with Gasteiger partial charge >= 0.3 is 0 Å². The summed E-state index contributed by atoms with van der Waals surface area (Å²) in [5, 5.41) is 11.0. The molecule has 30 heavy (non-hydrogen) atoms. The highest BCUT2D eigenvalue weighted by Gasteiger charge is 2.47. The van der Waals surface area contributed by atoms with E-state index >= 15 is 0 Å². The predicted octanol–water partition coefficient (Wildman–Crippen LogP) is 4.06. The Labute approximate surface area is 183 Å². The van der Waals surface area contributed by atoms with Gasteiger partial charge in [-0.3, -0.25) is 9.59 Å². The molecule has 2 aliphatic heterocycles. The number of halogens is 1. The van der Waals surface area contributed by atoms with Crippen molar-refractivity contribution in [2.45, 2.75) is 25.0 Å².